The van der Waals surface area contributed by atoms with Gasteiger partial charge < -0.3 is 9.29 Å². The highest BCUT2D eigenvalue weighted by molar-refractivity contribution is 7.81. The fraction of sp³-hybridized carbons (Fsp3) is 1.00. The maximum atomic E-state index is 10.8. The third kappa shape index (κ3) is 3.62. The van der Waals surface area contributed by atoms with Gasteiger partial charge in [-0.2, -0.15) is 0 Å². The highest BCUT2D eigenvalue weighted by Gasteiger charge is 2.43. The lowest BCUT2D eigenvalue weighted by Crippen LogP contribution is -2.23. The molecular weight excluding hydrogens is 218 g/mol. The van der Waals surface area contributed by atoms with Gasteiger partial charge in [-0.3, -0.25) is 4.21 Å². The van der Waals surface area contributed by atoms with E-state index >= 15 is 0 Å². The summed E-state index contributed by atoms with van der Waals surface area (Å²) in [6, 6.07) is 0. The maximum absolute atomic E-state index is 10.8. The normalized spacial score (nSPS) is 21.0. The van der Waals surface area contributed by atoms with Crippen molar-refractivity contribution in [1.29, 1.82) is 0 Å². The van der Waals surface area contributed by atoms with Crippen LogP contribution in [0.15, 0.2) is 5.18 Å². The number of nitrogens with zero attached hydrogens (tertiary/aromatic N) is 1. The van der Waals surface area contributed by atoms with E-state index in [2.05, 4.69) is 5.18 Å². The van der Waals surface area contributed by atoms with Gasteiger partial charge in [-0.1, -0.05) is 0 Å². The second-order valence-corrected chi connectivity index (χ2v) is 5.74. The minimum Gasteiger partial charge on any atom is -0.772 e. The molecule has 0 aromatic heterocycles. The molecule has 0 N–H and O–H groups in total. The van der Waals surface area contributed by atoms with Crippen molar-refractivity contribution in [1.82, 2.24) is 0 Å². The van der Waals surface area contributed by atoms with Crippen molar-refractivity contribution in [3.63, 3.8) is 0 Å². The van der Waals surface area contributed by atoms with E-state index in [-0.39, 0.29) is 0 Å². The molecule has 1 saturated carbocycles. The average Bonchev–Trinajstić information content (AvgIpc) is 2.94. The first kappa shape index (κ1) is 12.7. The van der Waals surface area contributed by atoms with Gasteiger partial charge in [0.25, 0.3) is 0 Å². The van der Waals surface area contributed by atoms with Gasteiger partial charge in [-0.25, -0.2) is 0 Å². The summed E-state index contributed by atoms with van der Waals surface area (Å²) >= 11 is -1.98. The summed E-state index contributed by atoms with van der Waals surface area (Å²) in [6.45, 7) is 3.54. The average molecular weight is 234 g/mol. The lowest BCUT2D eigenvalue weighted by atomic mass is 10.2. The first-order valence-electron chi connectivity index (χ1n) is 5.00. The molecule has 88 valence electrons. The molecule has 0 radical (unpaired) electrons. The van der Waals surface area contributed by atoms with E-state index in [1.807, 2.05) is 0 Å². The lowest BCUT2D eigenvalue weighted by Gasteiger charge is -2.20. The molecule has 5 nitrogen and oxygen atoms in total. The van der Waals surface area contributed by atoms with Gasteiger partial charge >= 0.3 is 0 Å². The van der Waals surface area contributed by atoms with Crippen LogP contribution < -0.4 is 0 Å². The summed E-state index contributed by atoms with van der Waals surface area (Å²) in [4.78, 5) is 10.3. The molecule has 0 aromatic carbocycles. The van der Waals surface area contributed by atoms with Crippen LogP contribution >= 0.6 is 0 Å². The number of nitroso groups, excluding NO2 is 1. The van der Waals surface area contributed by atoms with Gasteiger partial charge in [0.05, 0.1) is 0 Å². The third-order valence-corrected chi connectivity index (χ3v) is 3.93. The molecule has 0 bridgehead atoms. The molecule has 0 saturated heterocycles. The van der Waals surface area contributed by atoms with Crippen LogP contribution in [-0.4, -0.2) is 25.8 Å². The van der Waals surface area contributed by atoms with Crippen LogP contribution in [0.3, 0.4) is 0 Å². The third-order valence-electron chi connectivity index (χ3n) is 2.61. The second-order valence-electron chi connectivity index (χ2n) is 4.41. The maximum Gasteiger partial charge on any atom is 0.194 e. The van der Waals surface area contributed by atoms with Crippen LogP contribution in [0.1, 0.15) is 39.5 Å². The monoisotopic (exact) mass is 234 g/mol. The number of rotatable bonds is 7. The Morgan fingerprint density at radius 1 is 1.53 bits per heavy atom. The second kappa shape index (κ2) is 4.67. The highest BCUT2D eigenvalue weighted by atomic mass is 32.2. The van der Waals surface area contributed by atoms with E-state index in [4.69, 9.17) is 4.74 Å². The fourth-order valence-corrected chi connectivity index (χ4v) is 2.13. The molecule has 0 aromatic rings. The summed E-state index contributed by atoms with van der Waals surface area (Å²) in [6.07, 6.45) is 2.75. The van der Waals surface area contributed by atoms with Crippen LogP contribution in [-0.2, 0) is 15.8 Å². The molecule has 0 amide bonds. The van der Waals surface area contributed by atoms with Gasteiger partial charge in [0.15, 0.2) is 5.72 Å². The van der Waals surface area contributed by atoms with Gasteiger partial charge in [0.2, 0.25) is 0 Å². The Hall–Kier alpha value is -0.330. The molecule has 0 aliphatic heterocycles. The van der Waals surface area contributed by atoms with Gasteiger partial charge in [-0.05, 0) is 55.8 Å². The van der Waals surface area contributed by atoms with Crippen molar-refractivity contribution < 1.29 is 13.5 Å². The quantitative estimate of drug-likeness (QED) is 0.381. The summed E-state index contributed by atoms with van der Waals surface area (Å²) in [5, 5.41) is 2.81. The van der Waals surface area contributed by atoms with E-state index in [0.29, 0.717) is 19.4 Å². The van der Waals surface area contributed by atoms with Crippen molar-refractivity contribution in [2.75, 3.05) is 6.61 Å². The number of hydrogen-bond acceptors (Lipinski definition) is 5. The van der Waals surface area contributed by atoms with Crippen molar-refractivity contribution in [2.24, 2.45) is 5.18 Å². The first-order valence-corrected chi connectivity index (χ1v) is 6.07. The lowest BCUT2D eigenvalue weighted by molar-refractivity contribution is -0.0135. The summed E-state index contributed by atoms with van der Waals surface area (Å²) in [5.41, 5.74) is -1.01. The SMILES string of the molecule is CC(C)(N=O)OCCCC1(S(=O)[O-])CC1. The van der Waals surface area contributed by atoms with Crippen molar-refractivity contribution in [2.45, 2.75) is 50.0 Å². The standard InChI is InChI=1S/C9H17NO4S/c1-8(2,10-11)14-7-3-4-9(5-6-9)15(12)13/h3-7H2,1-2H3,(H,12,13)/p-1. The Morgan fingerprint density at radius 3 is 2.53 bits per heavy atom. The van der Waals surface area contributed by atoms with Gasteiger partial charge in [0.1, 0.15) is 0 Å². The molecular formula is C9H16NO4S-. The number of hydrogen-bond donors (Lipinski definition) is 0. The Labute approximate surface area is 91.8 Å². The van der Waals surface area contributed by atoms with Crippen molar-refractivity contribution >= 4 is 11.1 Å². The molecule has 6 heteroatoms. The van der Waals surface area contributed by atoms with E-state index in [0.717, 1.165) is 12.8 Å². The smallest absolute Gasteiger partial charge is 0.194 e. The number of ether oxygens (including phenoxy) is 1. The molecule has 1 rings (SSSR count). The minimum absolute atomic E-state index is 0.373. The largest absolute Gasteiger partial charge is 0.772 e. The fourth-order valence-electron chi connectivity index (χ4n) is 1.38. The van der Waals surface area contributed by atoms with Crippen LogP contribution in [0, 0.1) is 4.91 Å². The van der Waals surface area contributed by atoms with E-state index in [1.54, 1.807) is 13.8 Å². The Morgan fingerprint density at radius 2 is 2.13 bits per heavy atom. The Kier molecular flexibility index (Phi) is 3.97. The summed E-state index contributed by atoms with van der Waals surface area (Å²) in [5.74, 6) is 0. The Bertz CT molecular complexity index is 263. The van der Waals surface area contributed by atoms with Crippen LogP contribution in [0.4, 0.5) is 0 Å². The van der Waals surface area contributed by atoms with Crippen LogP contribution in [0.25, 0.3) is 0 Å². The van der Waals surface area contributed by atoms with Crippen LogP contribution in [0.5, 0.6) is 0 Å². The summed E-state index contributed by atoms with van der Waals surface area (Å²) in [7, 11) is 0. The molecule has 0 heterocycles. The predicted molar refractivity (Wildman–Crippen MR) is 55.9 cm³/mol. The van der Waals surface area contributed by atoms with Gasteiger partial charge in [0, 0.05) is 11.4 Å². The molecule has 1 unspecified atom stereocenters. The minimum atomic E-state index is -1.98. The zero-order chi connectivity index (χ0) is 11.5. The Balaban J connectivity index is 2.18. The molecule has 0 spiro atoms. The first-order chi connectivity index (χ1) is 6.92. The van der Waals surface area contributed by atoms with Crippen molar-refractivity contribution in [3.05, 3.63) is 4.91 Å². The van der Waals surface area contributed by atoms with Crippen molar-refractivity contribution in [3.8, 4) is 0 Å². The van der Waals surface area contributed by atoms with E-state index in [9.17, 15) is 13.7 Å². The van der Waals surface area contributed by atoms with Gasteiger partial charge in [-0.15, -0.1) is 4.91 Å². The predicted octanol–water partition coefficient (Wildman–Crippen LogP) is 1.70. The molecule has 1 aliphatic carbocycles. The van der Waals surface area contributed by atoms with E-state index < -0.39 is 21.6 Å². The zero-order valence-corrected chi connectivity index (χ0v) is 9.84. The summed E-state index contributed by atoms with van der Waals surface area (Å²) < 4.78 is 26.3. The highest BCUT2D eigenvalue weighted by Crippen LogP contribution is 2.44. The molecule has 1 atom stereocenters. The topological polar surface area (TPSA) is 78.8 Å². The zero-order valence-electron chi connectivity index (χ0n) is 9.02. The molecule has 1 aliphatic rings. The van der Waals surface area contributed by atoms with Crippen LogP contribution in [0.2, 0.25) is 0 Å². The van der Waals surface area contributed by atoms with E-state index in [1.165, 1.54) is 0 Å². The molecule has 15 heavy (non-hydrogen) atoms. The molecule has 1 fully saturated rings.